The first-order valence-electron chi connectivity index (χ1n) is 6.97. The molecular weight excluding hydrogens is 294 g/mol. The van der Waals surface area contributed by atoms with E-state index in [1.807, 2.05) is 6.07 Å². The summed E-state index contributed by atoms with van der Waals surface area (Å²) in [6, 6.07) is 13.8. The quantitative estimate of drug-likeness (QED) is 0.829. The number of nitrogens with zero attached hydrogens (tertiary/aromatic N) is 1. The number of carbonyl (C=O) groups is 2. The van der Waals surface area contributed by atoms with Gasteiger partial charge in [0.05, 0.1) is 18.1 Å². The second-order valence-electron chi connectivity index (χ2n) is 5.04. The number of hydrogen-bond acceptors (Lipinski definition) is 4. The molecular formula is C18H15NO4. The molecule has 2 aromatic rings. The molecule has 0 saturated heterocycles. The minimum Gasteiger partial charge on any atom is -0.489 e. The van der Waals surface area contributed by atoms with Gasteiger partial charge >= 0.3 is 5.97 Å². The smallest absolute Gasteiger partial charge is 0.307 e. The zero-order valence-corrected chi connectivity index (χ0v) is 12.6. The van der Waals surface area contributed by atoms with Gasteiger partial charge in [-0.25, -0.2) is 0 Å². The molecule has 23 heavy (non-hydrogen) atoms. The molecule has 0 heterocycles. The van der Waals surface area contributed by atoms with Crippen LogP contribution in [0.15, 0.2) is 42.5 Å². The van der Waals surface area contributed by atoms with E-state index >= 15 is 0 Å². The summed E-state index contributed by atoms with van der Waals surface area (Å²) >= 11 is 0. The molecule has 5 heteroatoms. The van der Waals surface area contributed by atoms with E-state index in [0.29, 0.717) is 22.4 Å². The number of carbonyl (C=O) groups excluding carboxylic acids is 1. The zero-order valence-electron chi connectivity index (χ0n) is 12.6. The number of ketones is 1. The topological polar surface area (TPSA) is 87.4 Å². The van der Waals surface area contributed by atoms with E-state index in [0.717, 1.165) is 5.56 Å². The van der Waals surface area contributed by atoms with Crippen LogP contribution in [0.5, 0.6) is 5.75 Å². The molecule has 0 aliphatic rings. The molecule has 0 aliphatic heterocycles. The van der Waals surface area contributed by atoms with Crippen LogP contribution in [0.3, 0.4) is 0 Å². The van der Waals surface area contributed by atoms with Crippen LogP contribution in [-0.4, -0.2) is 16.9 Å². The molecule has 2 rings (SSSR count). The lowest BCUT2D eigenvalue weighted by Crippen LogP contribution is -2.07. The van der Waals surface area contributed by atoms with Crippen LogP contribution in [0.4, 0.5) is 0 Å². The van der Waals surface area contributed by atoms with E-state index in [2.05, 4.69) is 0 Å². The van der Waals surface area contributed by atoms with Crippen molar-refractivity contribution in [1.29, 1.82) is 5.26 Å². The van der Waals surface area contributed by atoms with Crippen LogP contribution in [0.2, 0.25) is 0 Å². The van der Waals surface area contributed by atoms with Gasteiger partial charge in [0.2, 0.25) is 0 Å². The van der Waals surface area contributed by atoms with Gasteiger partial charge in [0.15, 0.2) is 5.78 Å². The number of ether oxygens (including phenoxy) is 1. The Hall–Kier alpha value is -3.13. The van der Waals surface area contributed by atoms with E-state index in [9.17, 15) is 9.59 Å². The second kappa shape index (κ2) is 7.23. The van der Waals surface area contributed by atoms with Crippen molar-refractivity contribution in [2.24, 2.45) is 0 Å². The number of aliphatic carboxylic acids is 1. The summed E-state index contributed by atoms with van der Waals surface area (Å²) in [5.41, 5.74) is 2.28. The molecule has 0 amide bonds. The fraction of sp³-hybridized carbons (Fsp3) is 0.167. The minimum atomic E-state index is -1.00. The van der Waals surface area contributed by atoms with E-state index in [1.165, 1.54) is 6.92 Å². The molecule has 0 bridgehead atoms. The van der Waals surface area contributed by atoms with Crippen molar-refractivity contribution in [3.8, 4) is 11.8 Å². The fourth-order valence-corrected chi connectivity index (χ4v) is 2.15. The Balaban J connectivity index is 2.14. The van der Waals surface area contributed by atoms with E-state index < -0.39 is 5.97 Å². The van der Waals surface area contributed by atoms with Crippen LogP contribution in [0.25, 0.3) is 0 Å². The molecule has 0 spiro atoms. The van der Waals surface area contributed by atoms with Crippen molar-refractivity contribution < 1.29 is 19.4 Å². The van der Waals surface area contributed by atoms with Gasteiger partial charge in [0.1, 0.15) is 12.4 Å². The molecule has 0 atom stereocenters. The molecule has 2 aromatic carbocycles. The average molecular weight is 309 g/mol. The maximum atomic E-state index is 11.5. The van der Waals surface area contributed by atoms with Crippen molar-refractivity contribution in [1.82, 2.24) is 0 Å². The average Bonchev–Trinajstić information content (AvgIpc) is 2.52. The highest BCUT2D eigenvalue weighted by molar-refractivity contribution is 5.96. The third-order valence-corrected chi connectivity index (χ3v) is 3.29. The molecule has 116 valence electrons. The SMILES string of the molecule is CC(=O)c1ccc(OCc2ccc(C#N)cc2)cc1CC(=O)O. The Morgan fingerprint density at radius 1 is 1.17 bits per heavy atom. The predicted octanol–water partition coefficient (Wildman–Crippen LogP) is 2.97. The van der Waals surface area contributed by atoms with Gasteiger partial charge < -0.3 is 9.84 Å². The summed E-state index contributed by atoms with van der Waals surface area (Å²) < 4.78 is 5.64. The molecule has 0 saturated carbocycles. The lowest BCUT2D eigenvalue weighted by Gasteiger charge is -2.10. The molecule has 5 nitrogen and oxygen atoms in total. The first kappa shape index (κ1) is 16.2. The first-order chi connectivity index (χ1) is 11.0. The second-order valence-corrected chi connectivity index (χ2v) is 5.04. The van der Waals surface area contributed by atoms with E-state index in [4.69, 9.17) is 15.1 Å². The molecule has 0 fully saturated rings. The van der Waals surface area contributed by atoms with E-state index in [-0.39, 0.29) is 18.8 Å². The standard InChI is InChI=1S/C18H15NO4/c1-12(20)17-7-6-16(8-15(17)9-18(21)22)23-11-14-4-2-13(10-19)3-5-14/h2-8H,9,11H2,1H3,(H,21,22). The summed E-state index contributed by atoms with van der Waals surface area (Å²) in [6.07, 6.45) is -0.233. The number of benzene rings is 2. The van der Waals surface area contributed by atoms with Gasteiger partial charge in [-0.15, -0.1) is 0 Å². The number of Topliss-reactive ketones (excluding diaryl/α,β-unsaturated/α-hetero) is 1. The Morgan fingerprint density at radius 3 is 2.43 bits per heavy atom. The van der Waals surface area contributed by atoms with Gasteiger partial charge in [0.25, 0.3) is 0 Å². The Bertz CT molecular complexity index is 773. The van der Waals surface area contributed by atoms with Crippen molar-refractivity contribution in [2.45, 2.75) is 20.0 Å². The Morgan fingerprint density at radius 2 is 1.87 bits per heavy atom. The van der Waals surface area contributed by atoms with Gasteiger partial charge in [-0.2, -0.15) is 5.26 Å². The summed E-state index contributed by atoms with van der Waals surface area (Å²) in [6.45, 7) is 1.69. The maximum absolute atomic E-state index is 11.5. The van der Waals surface area contributed by atoms with Crippen LogP contribution in [-0.2, 0) is 17.8 Å². The summed E-state index contributed by atoms with van der Waals surface area (Å²) in [4.78, 5) is 22.5. The Kier molecular flexibility index (Phi) is 5.11. The van der Waals surface area contributed by atoms with Crippen LogP contribution < -0.4 is 4.74 Å². The van der Waals surface area contributed by atoms with Gasteiger partial charge in [-0.1, -0.05) is 12.1 Å². The third kappa shape index (κ3) is 4.42. The largest absolute Gasteiger partial charge is 0.489 e. The van der Waals surface area contributed by atoms with Gasteiger partial charge in [0, 0.05) is 5.56 Å². The van der Waals surface area contributed by atoms with Crippen molar-refractivity contribution in [2.75, 3.05) is 0 Å². The van der Waals surface area contributed by atoms with Crippen molar-refractivity contribution in [3.05, 3.63) is 64.7 Å². The number of rotatable bonds is 6. The Labute approximate surface area is 133 Å². The van der Waals surface area contributed by atoms with Gasteiger partial charge in [-0.05, 0) is 48.4 Å². The van der Waals surface area contributed by atoms with Crippen LogP contribution >= 0.6 is 0 Å². The lowest BCUT2D eigenvalue weighted by atomic mass is 10.0. The number of carboxylic acid groups (broad SMARTS) is 1. The minimum absolute atomic E-state index is 0.181. The normalized spacial score (nSPS) is 9.91. The molecule has 0 radical (unpaired) electrons. The third-order valence-electron chi connectivity index (χ3n) is 3.29. The highest BCUT2D eigenvalue weighted by Crippen LogP contribution is 2.20. The first-order valence-corrected chi connectivity index (χ1v) is 6.97. The number of hydrogen-bond donors (Lipinski definition) is 1. The van der Waals surface area contributed by atoms with Crippen molar-refractivity contribution in [3.63, 3.8) is 0 Å². The number of carboxylic acids is 1. The number of nitriles is 1. The molecule has 0 aromatic heterocycles. The summed E-state index contributed by atoms with van der Waals surface area (Å²) in [5, 5.41) is 17.7. The maximum Gasteiger partial charge on any atom is 0.307 e. The monoisotopic (exact) mass is 309 g/mol. The summed E-state index contributed by atoms with van der Waals surface area (Å²) in [7, 11) is 0. The lowest BCUT2D eigenvalue weighted by molar-refractivity contribution is -0.136. The highest BCUT2D eigenvalue weighted by atomic mass is 16.5. The summed E-state index contributed by atoms with van der Waals surface area (Å²) in [5.74, 6) is -0.688. The highest BCUT2D eigenvalue weighted by Gasteiger charge is 2.12. The van der Waals surface area contributed by atoms with Crippen molar-refractivity contribution >= 4 is 11.8 Å². The van der Waals surface area contributed by atoms with Crippen LogP contribution in [0, 0.1) is 11.3 Å². The fourth-order valence-electron chi connectivity index (χ4n) is 2.15. The van der Waals surface area contributed by atoms with E-state index in [1.54, 1.807) is 42.5 Å². The predicted molar refractivity (Wildman–Crippen MR) is 83.3 cm³/mol. The molecule has 0 aliphatic carbocycles. The molecule has 1 N–H and O–H groups in total. The van der Waals surface area contributed by atoms with Crippen LogP contribution in [0.1, 0.15) is 34.0 Å². The molecule has 0 unspecified atom stereocenters. The zero-order chi connectivity index (χ0) is 16.8. The van der Waals surface area contributed by atoms with Gasteiger partial charge in [-0.3, -0.25) is 9.59 Å².